The summed E-state index contributed by atoms with van der Waals surface area (Å²) in [6.45, 7) is -0.0426. The molecule has 0 radical (unpaired) electrons. The third kappa shape index (κ3) is 3.56. The first kappa shape index (κ1) is 29.6. The first-order chi connectivity index (χ1) is 28.3. The van der Waals surface area contributed by atoms with E-state index in [-0.39, 0.29) is 6.71 Å². The SMILES string of the molecule is c1ccc(-n2c3ccccc3c3c4cccc5c4n(c32)-c2cc(-c3ccccn3)cc3c2B5c2ccnc4c5c6nccnc6n(-c6ccccc6)c5n-3c24)cc1. The molecule has 2 aliphatic heterocycles. The molecule has 0 fully saturated rings. The van der Waals surface area contributed by atoms with Crippen LogP contribution in [0.25, 0.3) is 100 Å². The lowest BCUT2D eigenvalue weighted by molar-refractivity contribution is 1.04. The van der Waals surface area contributed by atoms with Crippen LogP contribution in [0.2, 0.25) is 0 Å². The molecule has 0 amide bonds. The maximum absolute atomic E-state index is 5.17. The van der Waals surface area contributed by atoms with Crippen molar-refractivity contribution in [2.24, 2.45) is 0 Å². The van der Waals surface area contributed by atoms with Crippen molar-refractivity contribution in [2.45, 2.75) is 0 Å². The van der Waals surface area contributed by atoms with Crippen molar-refractivity contribution < 1.29 is 0 Å². The number of benzene rings is 5. The first-order valence-corrected chi connectivity index (χ1v) is 19.3. The number of hydrogen-bond donors (Lipinski definition) is 0. The number of para-hydroxylation sites is 4. The quantitative estimate of drug-likeness (QED) is 0.172. The van der Waals surface area contributed by atoms with Gasteiger partial charge < -0.3 is 0 Å². The van der Waals surface area contributed by atoms with Crippen LogP contribution in [-0.4, -0.2) is 44.9 Å². The number of pyridine rings is 2. The Morgan fingerprint density at radius 2 is 1.11 bits per heavy atom. The lowest BCUT2D eigenvalue weighted by Crippen LogP contribution is -2.59. The number of aromatic nitrogens is 8. The molecule has 12 aromatic rings. The van der Waals surface area contributed by atoms with E-state index in [1.807, 2.05) is 18.5 Å². The molecule has 0 bridgehead atoms. The van der Waals surface area contributed by atoms with Gasteiger partial charge in [-0.15, -0.1) is 0 Å². The van der Waals surface area contributed by atoms with Gasteiger partial charge in [-0.05, 0) is 77.1 Å². The van der Waals surface area contributed by atoms with Gasteiger partial charge in [0.2, 0.25) is 0 Å². The van der Waals surface area contributed by atoms with E-state index in [1.165, 1.54) is 43.6 Å². The highest BCUT2D eigenvalue weighted by Crippen LogP contribution is 2.45. The van der Waals surface area contributed by atoms with Crippen molar-refractivity contribution in [3.63, 3.8) is 0 Å². The van der Waals surface area contributed by atoms with Crippen LogP contribution in [0.15, 0.2) is 164 Å². The summed E-state index contributed by atoms with van der Waals surface area (Å²) in [5.74, 6) is 0. The topological polar surface area (TPSA) is 71.3 Å². The van der Waals surface area contributed by atoms with Crippen molar-refractivity contribution in [1.29, 1.82) is 0 Å². The number of rotatable bonds is 3. The first-order valence-electron chi connectivity index (χ1n) is 19.3. The van der Waals surface area contributed by atoms with Gasteiger partial charge in [-0.25, -0.2) is 4.98 Å². The average molecular weight is 727 g/mol. The Bertz CT molecular complexity index is 3470. The van der Waals surface area contributed by atoms with Crippen LogP contribution < -0.4 is 16.4 Å². The molecule has 9 heteroatoms. The molecule has 14 rings (SSSR count). The van der Waals surface area contributed by atoms with Gasteiger partial charge in [0.05, 0.1) is 33.1 Å². The molecule has 5 aromatic carbocycles. The highest BCUT2D eigenvalue weighted by atomic mass is 15.2. The Labute approximate surface area is 324 Å². The smallest absolute Gasteiger partial charge is 0.252 e. The fourth-order valence-corrected chi connectivity index (χ4v) is 10.3. The molecule has 0 atom stereocenters. The van der Waals surface area contributed by atoms with E-state index in [0.717, 1.165) is 72.9 Å². The number of fused-ring (bicyclic) bond motifs is 14. The van der Waals surface area contributed by atoms with Gasteiger partial charge >= 0.3 is 0 Å². The summed E-state index contributed by atoms with van der Waals surface area (Å²) in [4.78, 5) is 20.0. The van der Waals surface area contributed by atoms with Crippen molar-refractivity contribution in [3.8, 4) is 34.0 Å². The maximum atomic E-state index is 5.17. The zero-order chi connectivity index (χ0) is 36.9. The zero-order valence-corrected chi connectivity index (χ0v) is 30.2. The molecule has 0 aliphatic carbocycles. The predicted octanol–water partition coefficient (Wildman–Crippen LogP) is 8.16. The summed E-state index contributed by atoms with van der Waals surface area (Å²) in [6, 6.07) is 50.1. The Hall–Kier alpha value is -7.78. The molecular weight excluding hydrogens is 699 g/mol. The van der Waals surface area contributed by atoms with E-state index < -0.39 is 0 Å². The van der Waals surface area contributed by atoms with Gasteiger partial charge in [0.15, 0.2) is 5.65 Å². The Morgan fingerprint density at radius 1 is 0.439 bits per heavy atom. The number of nitrogens with zero attached hydrogens (tertiary/aromatic N) is 8. The van der Waals surface area contributed by atoms with Gasteiger partial charge in [0, 0.05) is 69.3 Å². The standard InChI is InChI=1S/C48H27BN8/c1-3-12-29(13-4-1)54-36-20-8-7-16-31(36)39-32-17-11-18-33-44(32)56(47(39)54)37-26-28(35-19-9-10-22-50-35)27-38-41(37)49(33)34-21-23-51-42-40-43-46(53-25-24-52-43)55(30-14-5-2-6-15-30)48(40)57(38)45(34)42/h1-27H. The largest absolute Gasteiger partial charge is 0.296 e. The summed E-state index contributed by atoms with van der Waals surface area (Å²) >= 11 is 0. The van der Waals surface area contributed by atoms with Gasteiger partial charge in [0.25, 0.3) is 6.71 Å². The molecule has 0 saturated carbocycles. The molecule has 0 spiro atoms. The minimum atomic E-state index is -0.0426. The van der Waals surface area contributed by atoms with Crippen molar-refractivity contribution in [2.75, 3.05) is 0 Å². The maximum Gasteiger partial charge on any atom is 0.252 e. The second-order valence-electron chi connectivity index (χ2n) is 15.1. The summed E-state index contributed by atoms with van der Waals surface area (Å²) in [5.41, 5.74) is 18.3. The zero-order valence-electron chi connectivity index (χ0n) is 30.2. The summed E-state index contributed by atoms with van der Waals surface area (Å²) in [7, 11) is 0. The highest BCUT2D eigenvalue weighted by Gasteiger charge is 2.43. The third-order valence-corrected chi connectivity index (χ3v) is 12.3. The molecule has 7 aromatic heterocycles. The van der Waals surface area contributed by atoms with Crippen molar-refractivity contribution in [1.82, 2.24) is 38.2 Å². The minimum Gasteiger partial charge on any atom is -0.296 e. The van der Waals surface area contributed by atoms with E-state index in [4.69, 9.17) is 19.9 Å². The molecule has 57 heavy (non-hydrogen) atoms. The molecular formula is C48H27BN8. The van der Waals surface area contributed by atoms with Crippen molar-refractivity contribution >= 4 is 89.2 Å². The lowest BCUT2D eigenvalue weighted by atomic mass is 9.34. The molecule has 0 saturated heterocycles. The van der Waals surface area contributed by atoms with E-state index >= 15 is 0 Å². The van der Waals surface area contributed by atoms with Gasteiger partial charge in [-0.2, -0.15) is 0 Å². The van der Waals surface area contributed by atoms with Crippen LogP contribution in [0, 0.1) is 0 Å². The summed E-state index contributed by atoms with van der Waals surface area (Å²) in [6.07, 6.45) is 7.44. The second-order valence-corrected chi connectivity index (χ2v) is 15.1. The van der Waals surface area contributed by atoms with E-state index in [0.29, 0.717) is 0 Å². The fraction of sp³-hybridized carbons (Fsp3) is 0. The van der Waals surface area contributed by atoms with Crippen molar-refractivity contribution in [3.05, 3.63) is 164 Å². The Balaban J connectivity index is 1.24. The summed E-state index contributed by atoms with van der Waals surface area (Å²) < 4.78 is 9.71. The van der Waals surface area contributed by atoms with Gasteiger partial charge in [-0.1, -0.05) is 78.9 Å². The van der Waals surface area contributed by atoms with Crippen LogP contribution >= 0.6 is 0 Å². The van der Waals surface area contributed by atoms with Crippen LogP contribution in [0.3, 0.4) is 0 Å². The van der Waals surface area contributed by atoms with E-state index in [1.54, 1.807) is 12.4 Å². The monoisotopic (exact) mass is 726 g/mol. The van der Waals surface area contributed by atoms with Gasteiger partial charge in [0.1, 0.15) is 16.8 Å². The lowest BCUT2D eigenvalue weighted by Gasteiger charge is -2.34. The number of hydrogen-bond acceptors (Lipinski definition) is 4. The Kier molecular flexibility index (Phi) is 5.44. The second kappa shape index (κ2) is 10.5. The van der Waals surface area contributed by atoms with E-state index in [2.05, 4.69) is 152 Å². The molecule has 262 valence electrons. The summed E-state index contributed by atoms with van der Waals surface area (Å²) in [5, 5.41) is 4.74. The highest BCUT2D eigenvalue weighted by molar-refractivity contribution is 7.00. The average Bonchev–Trinajstić information content (AvgIpc) is 4.00. The molecule has 2 aliphatic rings. The third-order valence-electron chi connectivity index (χ3n) is 12.3. The molecule has 8 nitrogen and oxygen atoms in total. The van der Waals surface area contributed by atoms with Crippen LogP contribution in [-0.2, 0) is 0 Å². The normalized spacial score (nSPS) is 12.9. The predicted molar refractivity (Wildman–Crippen MR) is 230 cm³/mol. The molecule has 9 heterocycles. The minimum absolute atomic E-state index is 0.0426. The molecule has 0 unspecified atom stereocenters. The van der Waals surface area contributed by atoms with Crippen LogP contribution in [0.4, 0.5) is 0 Å². The van der Waals surface area contributed by atoms with E-state index in [9.17, 15) is 0 Å². The fourth-order valence-electron chi connectivity index (χ4n) is 10.3. The van der Waals surface area contributed by atoms with Crippen LogP contribution in [0.1, 0.15) is 0 Å². The van der Waals surface area contributed by atoms with Crippen LogP contribution in [0.5, 0.6) is 0 Å². The van der Waals surface area contributed by atoms with Gasteiger partial charge in [-0.3, -0.25) is 33.2 Å². The molecule has 0 N–H and O–H groups in total. The Morgan fingerprint density at radius 3 is 1.91 bits per heavy atom.